The molecule has 0 saturated heterocycles. The third-order valence-corrected chi connectivity index (χ3v) is 2.67. The minimum absolute atomic E-state index is 0.216. The maximum absolute atomic E-state index is 10.3. The summed E-state index contributed by atoms with van der Waals surface area (Å²) in [6.45, 7) is 0. The Hall–Kier alpha value is -1.19. The minimum Gasteiger partial charge on any atom is -0.236 e. The van der Waals surface area contributed by atoms with Gasteiger partial charge in [-0.3, -0.25) is 0 Å². The van der Waals surface area contributed by atoms with Gasteiger partial charge >= 0.3 is 0 Å². The lowest BCUT2D eigenvalue weighted by atomic mass is 10.1. The van der Waals surface area contributed by atoms with Crippen LogP contribution in [0, 0.1) is 4.91 Å². The van der Waals surface area contributed by atoms with Crippen LogP contribution in [-0.4, -0.2) is 4.98 Å². The van der Waals surface area contributed by atoms with E-state index in [-0.39, 0.29) is 5.15 Å². The third kappa shape index (κ3) is 1.94. The molecule has 1 unspecified atom stereocenters. The Morgan fingerprint density at radius 1 is 1.33 bits per heavy atom. The average molecular weight is 241 g/mol. The Labute approximate surface area is 96.0 Å². The smallest absolute Gasteiger partial charge is 0.193 e. The van der Waals surface area contributed by atoms with Crippen LogP contribution in [0.4, 0.5) is 0 Å². The standard InChI is InChI=1S/C10H6Cl2N2O/c11-9-7(10(12)14-15)5-6-3-1-2-4-8(6)13-9/h1-5,10H. The molecule has 0 aliphatic rings. The molecule has 15 heavy (non-hydrogen) atoms. The molecule has 3 nitrogen and oxygen atoms in total. The van der Waals surface area contributed by atoms with Gasteiger partial charge in [-0.1, -0.05) is 41.4 Å². The lowest BCUT2D eigenvalue weighted by Gasteiger charge is -2.05. The van der Waals surface area contributed by atoms with Gasteiger partial charge in [0.15, 0.2) is 5.50 Å². The first-order valence-corrected chi connectivity index (χ1v) is 5.05. The highest BCUT2D eigenvalue weighted by Gasteiger charge is 2.13. The second-order valence-electron chi connectivity index (χ2n) is 3.00. The summed E-state index contributed by atoms with van der Waals surface area (Å²) in [4.78, 5) is 14.5. The van der Waals surface area contributed by atoms with E-state index in [2.05, 4.69) is 10.2 Å². The second-order valence-corrected chi connectivity index (χ2v) is 3.77. The van der Waals surface area contributed by atoms with Crippen molar-refractivity contribution in [2.24, 2.45) is 5.18 Å². The van der Waals surface area contributed by atoms with Crippen LogP contribution in [-0.2, 0) is 0 Å². The van der Waals surface area contributed by atoms with Crippen LogP contribution in [0.3, 0.4) is 0 Å². The zero-order chi connectivity index (χ0) is 10.8. The number of nitrogens with zero attached hydrogens (tertiary/aromatic N) is 2. The highest BCUT2D eigenvalue weighted by Crippen LogP contribution is 2.30. The van der Waals surface area contributed by atoms with Crippen molar-refractivity contribution >= 4 is 34.1 Å². The van der Waals surface area contributed by atoms with Gasteiger partial charge in [0.1, 0.15) is 5.15 Å². The van der Waals surface area contributed by atoms with E-state index in [1.165, 1.54) is 0 Å². The number of pyridine rings is 1. The van der Waals surface area contributed by atoms with Crippen molar-refractivity contribution in [3.8, 4) is 0 Å². The molecule has 0 amide bonds. The Balaban J connectivity index is 2.66. The summed E-state index contributed by atoms with van der Waals surface area (Å²) in [7, 11) is 0. The molecule has 1 aromatic heterocycles. The molecule has 2 aromatic rings. The molecule has 1 atom stereocenters. The van der Waals surface area contributed by atoms with Gasteiger partial charge < -0.3 is 0 Å². The van der Waals surface area contributed by atoms with Crippen LogP contribution in [0.2, 0.25) is 5.15 Å². The monoisotopic (exact) mass is 240 g/mol. The first-order valence-electron chi connectivity index (χ1n) is 4.24. The van der Waals surface area contributed by atoms with E-state index < -0.39 is 5.50 Å². The van der Waals surface area contributed by atoms with Crippen LogP contribution in [0.5, 0.6) is 0 Å². The Morgan fingerprint density at radius 2 is 2.07 bits per heavy atom. The van der Waals surface area contributed by atoms with Crippen LogP contribution in [0.1, 0.15) is 11.1 Å². The number of nitroso groups, excluding NO2 is 1. The number of halogens is 2. The number of rotatable bonds is 2. The molecule has 76 valence electrons. The molecule has 1 aromatic carbocycles. The molecule has 0 radical (unpaired) electrons. The van der Waals surface area contributed by atoms with Crippen molar-refractivity contribution < 1.29 is 0 Å². The van der Waals surface area contributed by atoms with E-state index >= 15 is 0 Å². The highest BCUT2D eigenvalue weighted by atomic mass is 35.5. The van der Waals surface area contributed by atoms with Crippen molar-refractivity contribution in [3.05, 3.63) is 46.0 Å². The van der Waals surface area contributed by atoms with E-state index in [0.29, 0.717) is 5.56 Å². The van der Waals surface area contributed by atoms with Crippen LogP contribution >= 0.6 is 23.2 Å². The quantitative estimate of drug-likeness (QED) is 0.346. The van der Waals surface area contributed by atoms with Gasteiger partial charge in [-0.05, 0) is 17.3 Å². The fraction of sp³-hybridized carbons (Fsp3) is 0.100. The fourth-order valence-corrected chi connectivity index (χ4v) is 1.80. The largest absolute Gasteiger partial charge is 0.236 e. The first kappa shape index (κ1) is 10.3. The Morgan fingerprint density at radius 3 is 2.80 bits per heavy atom. The van der Waals surface area contributed by atoms with Gasteiger partial charge in [0, 0.05) is 10.9 Å². The predicted octanol–water partition coefficient (Wildman–Crippen LogP) is 3.89. The Kier molecular flexibility index (Phi) is 2.84. The maximum atomic E-state index is 10.3. The topological polar surface area (TPSA) is 42.3 Å². The molecule has 0 bridgehead atoms. The molecule has 2 rings (SSSR count). The average Bonchev–Trinajstić information content (AvgIpc) is 2.27. The first-order chi connectivity index (χ1) is 7.22. The number of aromatic nitrogens is 1. The summed E-state index contributed by atoms with van der Waals surface area (Å²) in [5.74, 6) is 0. The van der Waals surface area contributed by atoms with E-state index in [1.807, 2.05) is 24.3 Å². The molecule has 0 saturated carbocycles. The number of benzene rings is 1. The van der Waals surface area contributed by atoms with Gasteiger partial charge in [-0.25, -0.2) is 4.98 Å². The molecule has 0 N–H and O–H groups in total. The maximum Gasteiger partial charge on any atom is 0.193 e. The van der Waals surface area contributed by atoms with Crippen molar-refractivity contribution in [1.29, 1.82) is 0 Å². The lowest BCUT2D eigenvalue weighted by Crippen LogP contribution is -1.91. The van der Waals surface area contributed by atoms with Crippen LogP contribution in [0.15, 0.2) is 35.5 Å². The fourth-order valence-electron chi connectivity index (χ4n) is 1.33. The number of para-hydroxylation sites is 1. The minimum atomic E-state index is -0.991. The zero-order valence-corrected chi connectivity index (χ0v) is 9.03. The second kappa shape index (κ2) is 4.13. The Bertz CT molecular complexity index is 516. The predicted molar refractivity (Wildman–Crippen MR) is 61.1 cm³/mol. The summed E-state index contributed by atoms with van der Waals surface area (Å²) < 4.78 is 0. The van der Waals surface area contributed by atoms with Gasteiger partial charge in [0.25, 0.3) is 0 Å². The summed E-state index contributed by atoms with van der Waals surface area (Å²) >= 11 is 11.6. The van der Waals surface area contributed by atoms with E-state index in [4.69, 9.17) is 23.2 Å². The molecular weight excluding hydrogens is 235 g/mol. The van der Waals surface area contributed by atoms with Crippen molar-refractivity contribution in [3.63, 3.8) is 0 Å². The van der Waals surface area contributed by atoms with Crippen LogP contribution in [0.25, 0.3) is 10.9 Å². The number of hydrogen-bond donors (Lipinski definition) is 0. The van der Waals surface area contributed by atoms with Gasteiger partial charge in [-0.2, -0.15) is 0 Å². The van der Waals surface area contributed by atoms with Crippen molar-refractivity contribution in [2.75, 3.05) is 0 Å². The highest BCUT2D eigenvalue weighted by molar-refractivity contribution is 6.32. The summed E-state index contributed by atoms with van der Waals surface area (Å²) in [6.07, 6.45) is 0. The van der Waals surface area contributed by atoms with Crippen LogP contribution < -0.4 is 0 Å². The lowest BCUT2D eigenvalue weighted by molar-refractivity contribution is 0.996. The van der Waals surface area contributed by atoms with E-state index in [0.717, 1.165) is 10.9 Å². The zero-order valence-electron chi connectivity index (χ0n) is 7.52. The molecular formula is C10H6Cl2N2O. The SMILES string of the molecule is O=NC(Cl)c1cc2ccccc2nc1Cl. The van der Waals surface area contributed by atoms with E-state index in [1.54, 1.807) is 6.07 Å². The molecule has 1 heterocycles. The number of fused-ring (bicyclic) bond motifs is 1. The molecule has 0 fully saturated rings. The van der Waals surface area contributed by atoms with Crippen molar-refractivity contribution in [1.82, 2.24) is 4.98 Å². The summed E-state index contributed by atoms with van der Waals surface area (Å²) in [6, 6.07) is 9.17. The molecule has 0 aliphatic heterocycles. The van der Waals surface area contributed by atoms with E-state index in [9.17, 15) is 4.91 Å². The number of hydrogen-bond acceptors (Lipinski definition) is 3. The molecule has 0 aliphatic carbocycles. The number of alkyl halides is 1. The van der Waals surface area contributed by atoms with Gasteiger partial charge in [0.05, 0.1) is 5.52 Å². The van der Waals surface area contributed by atoms with Gasteiger partial charge in [-0.15, -0.1) is 4.91 Å². The van der Waals surface area contributed by atoms with Crippen molar-refractivity contribution in [2.45, 2.75) is 5.50 Å². The summed E-state index contributed by atoms with van der Waals surface area (Å²) in [5.41, 5.74) is 0.211. The van der Waals surface area contributed by atoms with Gasteiger partial charge in [0.2, 0.25) is 0 Å². The summed E-state index contributed by atoms with van der Waals surface area (Å²) in [5, 5.41) is 3.81. The third-order valence-electron chi connectivity index (χ3n) is 2.05. The molecule has 0 spiro atoms. The normalized spacial score (nSPS) is 12.7. The molecule has 5 heteroatoms.